The van der Waals surface area contributed by atoms with Gasteiger partial charge < -0.3 is 9.73 Å². The van der Waals surface area contributed by atoms with Gasteiger partial charge in [0.1, 0.15) is 23.2 Å². The summed E-state index contributed by atoms with van der Waals surface area (Å²) in [5, 5.41) is 14.8. The molecular formula is C24H15ClN2O2. The van der Waals surface area contributed by atoms with E-state index < -0.39 is 5.91 Å². The second kappa shape index (κ2) is 8.05. The Morgan fingerprint density at radius 2 is 1.72 bits per heavy atom. The van der Waals surface area contributed by atoms with E-state index in [1.807, 2.05) is 60.7 Å². The summed E-state index contributed by atoms with van der Waals surface area (Å²) in [6.07, 6.45) is 1.41. The number of nitrogens with one attached hydrogen (secondary N) is 1. The molecule has 0 saturated heterocycles. The van der Waals surface area contributed by atoms with Gasteiger partial charge in [0.05, 0.1) is 5.02 Å². The minimum atomic E-state index is -0.501. The quantitative estimate of drug-likeness (QED) is 0.324. The second-order valence-electron chi connectivity index (χ2n) is 6.37. The van der Waals surface area contributed by atoms with Crippen LogP contribution in [0.1, 0.15) is 5.76 Å². The maximum Gasteiger partial charge on any atom is 0.266 e. The zero-order valence-corrected chi connectivity index (χ0v) is 16.0. The van der Waals surface area contributed by atoms with Gasteiger partial charge in [0.25, 0.3) is 5.91 Å². The smallest absolute Gasteiger partial charge is 0.266 e. The van der Waals surface area contributed by atoms with E-state index in [-0.39, 0.29) is 5.57 Å². The Morgan fingerprint density at radius 3 is 2.52 bits per heavy atom. The molecule has 3 aromatic carbocycles. The molecule has 4 aromatic rings. The number of benzene rings is 3. The lowest BCUT2D eigenvalue weighted by Gasteiger charge is -2.06. The van der Waals surface area contributed by atoms with Crippen molar-refractivity contribution in [3.63, 3.8) is 0 Å². The number of anilines is 1. The first-order valence-electron chi connectivity index (χ1n) is 8.91. The second-order valence-corrected chi connectivity index (χ2v) is 6.77. The lowest BCUT2D eigenvalue weighted by Crippen LogP contribution is -2.13. The first-order valence-corrected chi connectivity index (χ1v) is 9.28. The third-order valence-corrected chi connectivity index (χ3v) is 4.75. The Labute approximate surface area is 172 Å². The molecule has 1 heterocycles. The van der Waals surface area contributed by atoms with Crippen molar-refractivity contribution in [2.45, 2.75) is 0 Å². The Bertz CT molecular complexity index is 1280. The third kappa shape index (κ3) is 4.06. The average Bonchev–Trinajstić information content (AvgIpc) is 3.20. The number of carbonyl (C=O) groups excluding carboxylic acids is 1. The molecule has 0 radical (unpaired) electrons. The van der Waals surface area contributed by atoms with Gasteiger partial charge in [-0.3, -0.25) is 4.79 Å². The SMILES string of the molecule is N#C/C(=C\c1ccc(-c2ccccc2Cl)o1)C(=O)Nc1ccc2ccccc2c1. The number of halogens is 1. The highest BCUT2D eigenvalue weighted by Crippen LogP contribution is 2.29. The molecule has 1 aromatic heterocycles. The van der Waals surface area contributed by atoms with Gasteiger partial charge in [-0.15, -0.1) is 0 Å². The molecule has 0 aliphatic carbocycles. The molecule has 5 heteroatoms. The summed E-state index contributed by atoms with van der Waals surface area (Å²) < 4.78 is 5.75. The van der Waals surface area contributed by atoms with Crippen molar-refractivity contribution in [3.8, 4) is 17.4 Å². The zero-order valence-electron chi connectivity index (χ0n) is 15.2. The van der Waals surface area contributed by atoms with Crippen molar-refractivity contribution in [3.05, 3.63) is 95.2 Å². The van der Waals surface area contributed by atoms with Crippen LogP contribution in [-0.2, 0) is 4.79 Å². The van der Waals surface area contributed by atoms with Gasteiger partial charge in [0, 0.05) is 17.3 Å². The Hall–Kier alpha value is -3.81. The molecule has 0 spiro atoms. The van der Waals surface area contributed by atoms with Crippen molar-refractivity contribution in [1.29, 1.82) is 5.26 Å². The molecule has 0 fully saturated rings. The van der Waals surface area contributed by atoms with Gasteiger partial charge in [0.15, 0.2) is 0 Å². The molecular weight excluding hydrogens is 384 g/mol. The van der Waals surface area contributed by atoms with Crippen LogP contribution < -0.4 is 5.32 Å². The summed E-state index contributed by atoms with van der Waals surface area (Å²) in [7, 11) is 0. The van der Waals surface area contributed by atoms with E-state index in [9.17, 15) is 10.1 Å². The zero-order chi connectivity index (χ0) is 20.2. The first kappa shape index (κ1) is 18.5. The minimum absolute atomic E-state index is 0.0572. The average molecular weight is 399 g/mol. The fourth-order valence-corrected chi connectivity index (χ4v) is 3.22. The van der Waals surface area contributed by atoms with Crippen LogP contribution in [0.4, 0.5) is 5.69 Å². The summed E-state index contributed by atoms with van der Waals surface area (Å²) >= 11 is 6.19. The van der Waals surface area contributed by atoms with Crippen LogP contribution in [0, 0.1) is 11.3 Å². The fraction of sp³-hybridized carbons (Fsp3) is 0. The molecule has 0 unspecified atom stereocenters. The lowest BCUT2D eigenvalue weighted by molar-refractivity contribution is -0.112. The molecule has 0 atom stereocenters. The Morgan fingerprint density at radius 1 is 0.966 bits per heavy atom. The number of hydrogen-bond acceptors (Lipinski definition) is 3. The molecule has 0 aliphatic heterocycles. The number of nitrogens with zero attached hydrogens (tertiary/aromatic N) is 1. The molecule has 4 rings (SSSR count). The van der Waals surface area contributed by atoms with Crippen LogP contribution in [0.15, 0.2) is 88.9 Å². The number of fused-ring (bicyclic) bond motifs is 1. The van der Waals surface area contributed by atoms with E-state index >= 15 is 0 Å². The van der Waals surface area contributed by atoms with Crippen LogP contribution in [-0.4, -0.2) is 5.91 Å². The topological polar surface area (TPSA) is 66.0 Å². The van der Waals surface area contributed by atoms with Gasteiger partial charge in [-0.2, -0.15) is 5.26 Å². The first-order chi connectivity index (χ1) is 14.1. The van der Waals surface area contributed by atoms with Crippen molar-refractivity contribution < 1.29 is 9.21 Å². The van der Waals surface area contributed by atoms with Crippen molar-refractivity contribution in [2.75, 3.05) is 5.32 Å². The van der Waals surface area contributed by atoms with E-state index in [0.717, 1.165) is 16.3 Å². The molecule has 0 aliphatic rings. The van der Waals surface area contributed by atoms with Crippen LogP contribution in [0.5, 0.6) is 0 Å². The third-order valence-electron chi connectivity index (χ3n) is 4.43. The van der Waals surface area contributed by atoms with Gasteiger partial charge in [-0.05, 0) is 47.2 Å². The number of carbonyl (C=O) groups is 1. The van der Waals surface area contributed by atoms with Gasteiger partial charge >= 0.3 is 0 Å². The molecule has 4 nitrogen and oxygen atoms in total. The molecule has 1 N–H and O–H groups in total. The normalized spacial score (nSPS) is 11.2. The van der Waals surface area contributed by atoms with Crippen LogP contribution in [0.3, 0.4) is 0 Å². The Kier molecular flexibility index (Phi) is 5.15. The summed E-state index contributed by atoms with van der Waals surface area (Å²) in [5.41, 5.74) is 1.30. The summed E-state index contributed by atoms with van der Waals surface area (Å²) in [6, 6.07) is 26.1. The van der Waals surface area contributed by atoms with Crippen LogP contribution >= 0.6 is 11.6 Å². The summed E-state index contributed by atoms with van der Waals surface area (Å²) in [5.74, 6) is 0.456. The molecule has 0 bridgehead atoms. The molecule has 29 heavy (non-hydrogen) atoms. The standard InChI is InChI=1S/C24H15ClN2O2/c25-22-8-4-3-7-21(22)23-12-11-20(29-23)14-18(15-26)24(28)27-19-10-9-16-5-1-2-6-17(16)13-19/h1-14H,(H,27,28)/b18-14+. The van der Waals surface area contributed by atoms with E-state index in [1.54, 1.807) is 24.3 Å². The minimum Gasteiger partial charge on any atom is -0.457 e. The maximum absolute atomic E-state index is 12.6. The van der Waals surface area contributed by atoms with E-state index in [1.165, 1.54) is 6.08 Å². The lowest BCUT2D eigenvalue weighted by atomic mass is 10.1. The predicted octanol–water partition coefficient (Wildman–Crippen LogP) is 6.30. The molecule has 0 saturated carbocycles. The molecule has 1 amide bonds. The molecule has 140 valence electrons. The number of rotatable bonds is 4. The van der Waals surface area contributed by atoms with Gasteiger partial charge in [0.2, 0.25) is 0 Å². The van der Waals surface area contributed by atoms with Crippen molar-refractivity contribution in [1.82, 2.24) is 0 Å². The van der Waals surface area contributed by atoms with Gasteiger partial charge in [-0.1, -0.05) is 54.1 Å². The van der Waals surface area contributed by atoms with Crippen molar-refractivity contribution in [2.24, 2.45) is 0 Å². The number of amides is 1. The van der Waals surface area contributed by atoms with Gasteiger partial charge in [-0.25, -0.2) is 0 Å². The van der Waals surface area contributed by atoms with Crippen molar-refractivity contribution >= 4 is 40.0 Å². The van der Waals surface area contributed by atoms with E-state index in [4.69, 9.17) is 16.0 Å². The van der Waals surface area contributed by atoms with Crippen LogP contribution in [0.2, 0.25) is 5.02 Å². The summed E-state index contributed by atoms with van der Waals surface area (Å²) in [6.45, 7) is 0. The largest absolute Gasteiger partial charge is 0.457 e. The van der Waals surface area contributed by atoms with Crippen LogP contribution in [0.25, 0.3) is 28.2 Å². The Balaban J connectivity index is 1.56. The number of furan rings is 1. The number of hydrogen-bond donors (Lipinski definition) is 1. The highest BCUT2D eigenvalue weighted by atomic mass is 35.5. The highest BCUT2D eigenvalue weighted by molar-refractivity contribution is 6.33. The predicted molar refractivity (Wildman–Crippen MR) is 115 cm³/mol. The maximum atomic E-state index is 12.6. The highest BCUT2D eigenvalue weighted by Gasteiger charge is 2.12. The van der Waals surface area contributed by atoms with E-state index in [2.05, 4.69) is 5.32 Å². The monoisotopic (exact) mass is 398 g/mol. The fourth-order valence-electron chi connectivity index (χ4n) is 2.99. The summed E-state index contributed by atoms with van der Waals surface area (Å²) in [4.78, 5) is 12.6. The van der Waals surface area contributed by atoms with E-state index in [0.29, 0.717) is 22.2 Å². The number of nitriles is 1.